The smallest absolute Gasteiger partial charge is 0.311 e. The summed E-state index contributed by atoms with van der Waals surface area (Å²) in [5.74, 6) is -1.01. The molecule has 1 unspecified atom stereocenters. The molecule has 0 saturated heterocycles. The van der Waals surface area contributed by atoms with Crippen LogP contribution in [0.3, 0.4) is 0 Å². The van der Waals surface area contributed by atoms with Crippen molar-refractivity contribution in [3.8, 4) is 11.5 Å². The third kappa shape index (κ3) is 4.72. The molecule has 1 N–H and O–H groups in total. The lowest BCUT2D eigenvalue weighted by Gasteiger charge is -2.16. The van der Waals surface area contributed by atoms with E-state index in [1.807, 2.05) is 19.9 Å². The Balaban J connectivity index is 2.31. The van der Waals surface area contributed by atoms with Crippen LogP contribution in [0.5, 0.6) is 11.5 Å². The van der Waals surface area contributed by atoms with E-state index in [1.54, 1.807) is 31.2 Å². The van der Waals surface area contributed by atoms with Gasteiger partial charge in [0.15, 0.2) is 11.5 Å². The second-order valence-corrected chi connectivity index (χ2v) is 5.75. The maximum atomic E-state index is 13.8. The number of halogens is 1. The number of aliphatic carboxylic acids is 1. The molecule has 0 spiro atoms. The summed E-state index contributed by atoms with van der Waals surface area (Å²) in [6.45, 7) is 6.40. The van der Waals surface area contributed by atoms with E-state index in [9.17, 15) is 14.3 Å². The zero-order chi connectivity index (χ0) is 18.4. The van der Waals surface area contributed by atoms with Crippen molar-refractivity contribution in [3.05, 3.63) is 58.9 Å². The first-order chi connectivity index (χ1) is 12.0. The monoisotopic (exact) mass is 346 g/mol. The van der Waals surface area contributed by atoms with Crippen LogP contribution >= 0.6 is 0 Å². The van der Waals surface area contributed by atoms with Gasteiger partial charge in [0.1, 0.15) is 5.82 Å². The lowest BCUT2D eigenvalue weighted by atomic mass is 9.91. The summed E-state index contributed by atoms with van der Waals surface area (Å²) in [6.07, 6.45) is 0.240. The highest BCUT2D eigenvalue weighted by Gasteiger charge is 2.22. The molecule has 25 heavy (non-hydrogen) atoms. The van der Waals surface area contributed by atoms with Gasteiger partial charge in [-0.05, 0) is 62.1 Å². The summed E-state index contributed by atoms with van der Waals surface area (Å²) in [6, 6.07) is 9.94. The number of aryl methyl sites for hydroxylation is 1. The van der Waals surface area contributed by atoms with Crippen molar-refractivity contribution < 1.29 is 23.8 Å². The standard InChI is InChI=1S/C20H23FO4/c1-4-24-18-9-7-14(11-19(18)25-5-2)10-16(20(22)23)15-8-6-13(3)17(21)12-15/h6-9,11-12,16H,4-5,10H2,1-3H3,(H,22,23). The van der Waals surface area contributed by atoms with Gasteiger partial charge in [-0.15, -0.1) is 0 Å². The molecule has 0 radical (unpaired) electrons. The van der Waals surface area contributed by atoms with E-state index in [2.05, 4.69) is 0 Å². The van der Waals surface area contributed by atoms with E-state index in [0.29, 0.717) is 35.8 Å². The molecule has 0 fully saturated rings. The van der Waals surface area contributed by atoms with Crippen molar-refractivity contribution >= 4 is 5.97 Å². The summed E-state index contributed by atoms with van der Waals surface area (Å²) in [5, 5.41) is 9.58. The zero-order valence-corrected chi connectivity index (χ0v) is 14.7. The molecule has 0 amide bonds. The topological polar surface area (TPSA) is 55.8 Å². The van der Waals surface area contributed by atoms with Gasteiger partial charge in [0.05, 0.1) is 19.1 Å². The summed E-state index contributed by atoms with van der Waals surface area (Å²) < 4.78 is 24.9. The normalized spacial score (nSPS) is 11.8. The zero-order valence-electron chi connectivity index (χ0n) is 14.7. The first kappa shape index (κ1) is 18.8. The minimum Gasteiger partial charge on any atom is -0.490 e. The van der Waals surface area contributed by atoms with Crippen LogP contribution in [0.1, 0.15) is 36.5 Å². The van der Waals surface area contributed by atoms with Gasteiger partial charge in [0, 0.05) is 0 Å². The average Bonchev–Trinajstić information content (AvgIpc) is 2.57. The Morgan fingerprint density at radius 2 is 1.76 bits per heavy atom. The van der Waals surface area contributed by atoms with Crippen molar-refractivity contribution in [1.82, 2.24) is 0 Å². The molecule has 0 aromatic heterocycles. The molecule has 2 rings (SSSR count). The van der Waals surface area contributed by atoms with Crippen molar-refractivity contribution in [2.45, 2.75) is 33.1 Å². The molecule has 0 saturated carbocycles. The maximum Gasteiger partial charge on any atom is 0.311 e. The van der Waals surface area contributed by atoms with E-state index in [0.717, 1.165) is 5.56 Å². The van der Waals surface area contributed by atoms with Gasteiger partial charge in [0.2, 0.25) is 0 Å². The number of hydrogen-bond acceptors (Lipinski definition) is 3. The van der Waals surface area contributed by atoms with Crippen LogP contribution < -0.4 is 9.47 Å². The Labute approximate surface area is 147 Å². The van der Waals surface area contributed by atoms with Gasteiger partial charge in [-0.25, -0.2) is 4.39 Å². The van der Waals surface area contributed by atoms with E-state index in [4.69, 9.17) is 9.47 Å². The third-order valence-corrected chi connectivity index (χ3v) is 3.94. The fourth-order valence-electron chi connectivity index (χ4n) is 2.63. The van der Waals surface area contributed by atoms with Gasteiger partial charge in [-0.2, -0.15) is 0 Å². The number of rotatable bonds is 8. The second-order valence-electron chi connectivity index (χ2n) is 5.75. The largest absolute Gasteiger partial charge is 0.490 e. The van der Waals surface area contributed by atoms with E-state index in [-0.39, 0.29) is 6.42 Å². The summed E-state index contributed by atoms with van der Waals surface area (Å²) >= 11 is 0. The predicted octanol–water partition coefficient (Wildman–Crippen LogP) is 4.34. The first-order valence-electron chi connectivity index (χ1n) is 8.33. The lowest BCUT2D eigenvalue weighted by Crippen LogP contribution is -2.15. The van der Waals surface area contributed by atoms with Crippen LogP contribution in [-0.2, 0) is 11.2 Å². The fourth-order valence-corrected chi connectivity index (χ4v) is 2.63. The number of hydrogen-bond donors (Lipinski definition) is 1. The predicted molar refractivity (Wildman–Crippen MR) is 94.0 cm³/mol. The van der Waals surface area contributed by atoms with Gasteiger partial charge < -0.3 is 14.6 Å². The molecule has 4 nitrogen and oxygen atoms in total. The molecule has 5 heteroatoms. The molecule has 0 bridgehead atoms. The van der Waals surface area contributed by atoms with Gasteiger partial charge in [0.25, 0.3) is 0 Å². The third-order valence-electron chi connectivity index (χ3n) is 3.94. The summed E-state index contributed by atoms with van der Waals surface area (Å²) in [5.41, 5.74) is 1.73. The van der Waals surface area contributed by atoms with E-state index < -0.39 is 17.7 Å². The SMILES string of the molecule is CCOc1ccc(CC(C(=O)O)c2ccc(C)c(F)c2)cc1OCC. The Hall–Kier alpha value is -2.56. The average molecular weight is 346 g/mol. The highest BCUT2D eigenvalue weighted by Crippen LogP contribution is 2.31. The number of benzene rings is 2. The molecule has 2 aromatic carbocycles. The molecule has 1 atom stereocenters. The van der Waals surface area contributed by atoms with E-state index in [1.165, 1.54) is 6.07 Å². The van der Waals surface area contributed by atoms with Crippen LogP contribution in [0, 0.1) is 12.7 Å². The summed E-state index contributed by atoms with van der Waals surface area (Å²) in [7, 11) is 0. The molecule has 2 aromatic rings. The Morgan fingerprint density at radius 1 is 1.08 bits per heavy atom. The molecular weight excluding hydrogens is 323 g/mol. The number of carboxylic acids is 1. The Bertz CT molecular complexity index is 742. The van der Waals surface area contributed by atoms with Crippen LogP contribution in [0.4, 0.5) is 4.39 Å². The van der Waals surface area contributed by atoms with Crippen LogP contribution in [0.15, 0.2) is 36.4 Å². The fraction of sp³-hybridized carbons (Fsp3) is 0.350. The minimum atomic E-state index is -0.991. The Morgan fingerprint density at radius 3 is 2.36 bits per heavy atom. The maximum absolute atomic E-state index is 13.8. The highest BCUT2D eigenvalue weighted by atomic mass is 19.1. The molecule has 0 aliphatic carbocycles. The van der Waals surface area contributed by atoms with Crippen molar-refractivity contribution in [1.29, 1.82) is 0 Å². The molecule has 0 heterocycles. The number of carbonyl (C=O) groups is 1. The highest BCUT2D eigenvalue weighted by molar-refractivity contribution is 5.76. The molecular formula is C20H23FO4. The van der Waals surface area contributed by atoms with Gasteiger partial charge >= 0.3 is 5.97 Å². The Kier molecular flexibility index (Phi) is 6.39. The lowest BCUT2D eigenvalue weighted by molar-refractivity contribution is -0.138. The van der Waals surface area contributed by atoms with Gasteiger partial charge in [-0.1, -0.05) is 18.2 Å². The van der Waals surface area contributed by atoms with Crippen molar-refractivity contribution in [2.75, 3.05) is 13.2 Å². The number of carboxylic acid groups (broad SMARTS) is 1. The molecule has 134 valence electrons. The second kappa shape index (κ2) is 8.51. The minimum absolute atomic E-state index is 0.240. The molecule has 0 aliphatic rings. The van der Waals surface area contributed by atoms with Crippen molar-refractivity contribution in [3.63, 3.8) is 0 Å². The summed E-state index contributed by atoms with van der Waals surface area (Å²) in [4.78, 5) is 11.7. The van der Waals surface area contributed by atoms with E-state index >= 15 is 0 Å². The van der Waals surface area contributed by atoms with Crippen molar-refractivity contribution in [2.24, 2.45) is 0 Å². The number of ether oxygens (including phenoxy) is 2. The quantitative estimate of drug-likeness (QED) is 0.772. The van der Waals surface area contributed by atoms with Crippen LogP contribution in [0.25, 0.3) is 0 Å². The first-order valence-corrected chi connectivity index (χ1v) is 8.33. The molecule has 0 aliphatic heterocycles. The van der Waals surface area contributed by atoms with Crippen LogP contribution in [-0.4, -0.2) is 24.3 Å². The van der Waals surface area contributed by atoms with Crippen LogP contribution in [0.2, 0.25) is 0 Å². The van der Waals surface area contributed by atoms with Gasteiger partial charge in [-0.3, -0.25) is 4.79 Å².